The molecule has 5 rings (SSSR count). The molecule has 5 N–H and O–H groups in total. The molecule has 3 aromatic rings. The third kappa shape index (κ3) is 9.66. The molecule has 1 saturated heterocycles. The Morgan fingerprint density at radius 2 is 1.76 bits per heavy atom. The van der Waals surface area contributed by atoms with Crippen LogP contribution >= 0.6 is 0 Å². The van der Waals surface area contributed by atoms with Crippen molar-refractivity contribution in [2.24, 2.45) is 0 Å². The Morgan fingerprint density at radius 3 is 2.35 bits per heavy atom. The van der Waals surface area contributed by atoms with Gasteiger partial charge in [0.25, 0.3) is 5.91 Å². The molecule has 0 radical (unpaired) electrons. The van der Waals surface area contributed by atoms with Crippen LogP contribution < -0.4 is 16.0 Å². The molecule has 0 bridgehead atoms. The lowest BCUT2D eigenvalue weighted by atomic mass is 10.0. The Hall–Kier alpha value is -5.38. The van der Waals surface area contributed by atoms with Gasteiger partial charge in [-0.15, -0.1) is 0 Å². The van der Waals surface area contributed by atoms with Gasteiger partial charge in [-0.2, -0.15) is 18.3 Å². The molecule has 1 aromatic heterocycles. The number of likely N-dealkylation sites (tertiary alicyclic amines) is 1. The van der Waals surface area contributed by atoms with Gasteiger partial charge in [-0.3, -0.25) is 14.7 Å². The Kier molecular flexibility index (Phi) is 12.1. The molecular formula is C35H43F3N8O5. The monoisotopic (exact) mass is 712 g/mol. The van der Waals surface area contributed by atoms with E-state index < -0.39 is 17.7 Å². The molecule has 2 aromatic carbocycles. The van der Waals surface area contributed by atoms with Crippen molar-refractivity contribution in [2.45, 2.75) is 57.0 Å². The Balaban J connectivity index is 0.000000755. The fourth-order valence-electron chi connectivity index (χ4n) is 6.02. The molecule has 51 heavy (non-hydrogen) atoms. The van der Waals surface area contributed by atoms with Crippen molar-refractivity contribution in [1.29, 1.82) is 0 Å². The van der Waals surface area contributed by atoms with Crippen LogP contribution in [0.25, 0.3) is 0 Å². The van der Waals surface area contributed by atoms with Gasteiger partial charge >= 0.3 is 18.2 Å². The molecule has 2 aliphatic rings. The number of aromatic nitrogens is 2. The fraction of sp³-hybridized carbons (Fsp3) is 0.400. The van der Waals surface area contributed by atoms with Crippen LogP contribution in [0.2, 0.25) is 0 Å². The number of piperidine rings is 1. The summed E-state index contributed by atoms with van der Waals surface area (Å²) >= 11 is 0. The molecule has 2 atom stereocenters. The first-order chi connectivity index (χ1) is 24.0. The number of anilines is 2. The predicted molar refractivity (Wildman–Crippen MR) is 185 cm³/mol. The van der Waals surface area contributed by atoms with Gasteiger partial charge in [0, 0.05) is 42.5 Å². The largest absolute Gasteiger partial charge is 0.490 e. The SMILES string of the molecule is C=CC(=O)Nc1ccc(C(=O)N2CCCC(Nc3n[nH]c4c3CN(C(=O)N[C@H](CN(C)C)c3ccccc3)C4(C)C)C2)cc1.O=C(O)C(F)(F)F. The molecule has 16 heteroatoms. The number of hydrogen-bond donors (Lipinski definition) is 5. The Morgan fingerprint density at radius 1 is 1.12 bits per heavy atom. The first-order valence-corrected chi connectivity index (χ1v) is 16.3. The number of amides is 4. The summed E-state index contributed by atoms with van der Waals surface area (Å²) in [5.41, 5.74) is 3.52. The zero-order valence-electron chi connectivity index (χ0n) is 28.9. The van der Waals surface area contributed by atoms with Crippen LogP contribution in [-0.2, 0) is 21.7 Å². The number of benzene rings is 2. The maximum absolute atomic E-state index is 13.7. The van der Waals surface area contributed by atoms with E-state index in [1.807, 2.05) is 68.1 Å². The van der Waals surface area contributed by atoms with E-state index in [0.717, 1.165) is 35.5 Å². The van der Waals surface area contributed by atoms with Crippen LogP contribution in [-0.4, -0.2) is 99.8 Å². The number of likely N-dealkylation sites (N-methyl/N-ethyl adjacent to an activating group) is 1. The standard InChI is InChI=1S/C33H42N8O3.C2HF3O2/c1-6-28(42)34-24-16-14-23(15-17-24)31(43)40-18-10-13-25(19-40)35-30-26-20-41(33(2,3)29(26)37-38-30)32(44)36-27(21-39(4)5)22-11-8-7-9-12-22;3-2(4,5)1(6)7/h6-9,11-12,14-17,25,27H,1,10,13,18-21H2,2-5H3,(H,34,42)(H,36,44)(H2,35,37,38);(H,6,7)/t25?,27-;/m1./s1. The molecule has 3 heterocycles. The van der Waals surface area contributed by atoms with E-state index in [2.05, 4.69) is 37.6 Å². The average Bonchev–Trinajstić information content (AvgIpc) is 3.61. The number of aromatic amines is 1. The number of H-pyrrole nitrogens is 1. The normalized spacial score (nSPS) is 17.1. The third-order valence-electron chi connectivity index (χ3n) is 8.64. The maximum atomic E-state index is 13.7. The van der Waals surface area contributed by atoms with Crippen molar-refractivity contribution < 1.29 is 37.5 Å². The molecule has 1 unspecified atom stereocenters. The summed E-state index contributed by atoms with van der Waals surface area (Å²) < 4.78 is 31.7. The highest BCUT2D eigenvalue weighted by Gasteiger charge is 2.44. The molecule has 0 spiro atoms. The number of halogens is 3. The number of carbonyl (C=O) groups excluding carboxylic acids is 3. The lowest BCUT2D eigenvalue weighted by Gasteiger charge is -2.34. The quantitative estimate of drug-likeness (QED) is 0.195. The van der Waals surface area contributed by atoms with Gasteiger partial charge in [0.05, 0.1) is 23.8 Å². The first-order valence-electron chi connectivity index (χ1n) is 16.3. The van der Waals surface area contributed by atoms with Crippen molar-refractivity contribution in [3.63, 3.8) is 0 Å². The van der Waals surface area contributed by atoms with E-state index in [4.69, 9.17) is 9.90 Å². The average molecular weight is 713 g/mol. The van der Waals surface area contributed by atoms with Crippen LogP contribution in [0.15, 0.2) is 67.3 Å². The zero-order valence-corrected chi connectivity index (χ0v) is 28.9. The summed E-state index contributed by atoms with van der Waals surface area (Å²) in [6, 6.07) is 16.6. The van der Waals surface area contributed by atoms with E-state index in [1.165, 1.54) is 6.08 Å². The lowest BCUT2D eigenvalue weighted by molar-refractivity contribution is -0.192. The van der Waals surface area contributed by atoms with Gasteiger partial charge in [-0.1, -0.05) is 36.9 Å². The van der Waals surface area contributed by atoms with Crippen LogP contribution in [0, 0.1) is 0 Å². The highest BCUT2D eigenvalue weighted by Crippen LogP contribution is 2.41. The second-order valence-corrected chi connectivity index (χ2v) is 13.1. The summed E-state index contributed by atoms with van der Waals surface area (Å²) in [5, 5.41) is 24.4. The smallest absolute Gasteiger partial charge is 0.475 e. The number of fused-ring (bicyclic) bond motifs is 1. The van der Waals surface area contributed by atoms with E-state index >= 15 is 0 Å². The molecule has 0 aliphatic carbocycles. The van der Waals surface area contributed by atoms with Gasteiger partial charge in [-0.25, -0.2) is 9.59 Å². The van der Waals surface area contributed by atoms with Crippen LogP contribution in [0.1, 0.15) is 59.9 Å². The van der Waals surface area contributed by atoms with E-state index in [-0.39, 0.29) is 29.9 Å². The summed E-state index contributed by atoms with van der Waals surface area (Å²) in [4.78, 5) is 53.2. The lowest BCUT2D eigenvalue weighted by Crippen LogP contribution is -2.48. The number of urea groups is 1. The minimum atomic E-state index is -5.08. The van der Waals surface area contributed by atoms with Crippen molar-refractivity contribution in [3.05, 3.63) is 89.6 Å². The molecule has 1 fully saturated rings. The van der Waals surface area contributed by atoms with Crippen molar-refractivity contribution in [2.75, 3.05) is 44.4 Å². The Labute approximate surface area is 293 Å². The topological polar surface area (TPSA) is 163 Å². The van der Waals surface area contributed by atoms with E-state index in [1.54, 1.807) is 24.3 Å². The molecular weight excluding hydrogens is 669 g/mol. The van der Waals surface area contributed by atoms with Crippen LogP contribution in [0.3, 0.4) is 0 Å². The van der Waals surface area contributed by atoms with E-state index in [9.17, 15) is 27.6 Å². The summed E-state index contributed by atoms with van der Waals surface area (Å²) in [7, 11) is 4.00. The van der Waals surface area contributed by atoms with Gasteiger partial charge in [-0.05, 0) is 76.7 Å². The minimum absolute atomic E-state index is 0.0137. The fourth-order valence-corrected chi connectivity index (χ4v) is 6.02. The van der Waals surface area contributed by atoms with E-state index in [0.29, 0.717) is 37.4 Å². The summed E-state index contributed by atoms with van der Waals surface area (Å²) in [6.45, 7) is 9.81. The molecule has 4 amide bonds. The van der Waals surface area contributed by atoms with Crippen LogP contribution in [0.5, 0.6) is 0 Å². The number of nitrogens with zero attached hydrogens (tertiary/aromatic N) is 4. The summed E-state index contributed by atoms with van der Waals surface area (Å²) in [5.74, 6) is -2.39. The number of aliphatic carboxylic acids is 1. The molecule has 0 saturated carbocycles. The van der Waals surface area contributed by atoms with Crippen molar-refractivity contribution >= 4 is 35.3 Å². The highest BCUT2D eigenvalue weighted by atomic mass is 19.4. The van der Waals surface area contributed by atoms with Crippen molar-refractivity contribution in [1.82, 2.24) is 30.2 Å². The maximum Gasteiger partial charge on any atom is 0.490 e. The van der Waals surface area contributed by atoms with Gasteiger partial charge in [0.1, 0.15) is 0 Å². The van der Waals surface area contributed by atoms with Gasteiger partial charge < -0.3 is 35.8 Å². The second-order valence-electron chi connectivity index (χ2n) is 13.1. The number of carbonyl (C=O) groups is 4. The Bertz CT molecular complexity index is 1710. The van der Waals surface area contributed by atoms with Crippen molar-refractivity contribution in [3.8, 4) is 0 Å². The summed E-state index contributed by atoms with van der Waals surface area (Å²) in [6.07, 6.45) is -2.12. The molecule has 2 aliphatic heterocycles. The molecule has 274 valence electrons. The number of carboxylic acids is 1. The number of hydrogen-bond acceptors (Lipinski definition) is 7. The first kappa shape index (κ1) is 38.4. The zero-order chi connectivity index (χ0) is 37.5. The van der Waals surface area contributed by atoms with Gasteiger partial charge in [0.15, 0.2) is 5.82 Å². The number of alkyl halides is 3. The minimum Gasteiger partial charge on any atom is -0.475 e. The highest BCUT2D eigenvalue weighted by molar-refractivity contribution is 5.99. The van der Waals surface area contributed by atoms with Crippen LogP contribution in [0.4, 0.5) is 29.5 Å². The number of carboxylic acid groups (broad SMARTS) is 1. The predicted octanol–water partition coefficient (Wildman–Crippen LogP) is 4.95. The van der Waals surface area contributed by atoms with Gasteiger partial charge in [0.2, 0.25) is 5.91 Å². The molecule has 13 nitrogen and oxygen atoms in total. The number of nitrogens with one attached hydrogen (secondary N) is 4. The second kappa shape index (κ2) is 16.1. The number of rotatable bonds is 9. The third-order valence-corrected chi connectivity index (χ3v) is 8.64.